The highest BCUT2D eigenvalue weighted by molar-refractivity contribution is 8.00. The van der Waals surface area contributed by atoms with Crippen molar-refractivity contribution in [3.8, 4) is 10.7 Å². The van der Waals surface area contributed by atoms with Crippen LogP contribution in [-0.4, -0.2) is 45.5 Å². The highest BCUT2D eigenvalue weighted by atomic mass is 32.2. The Hall–Kier alpha value is -3.23. The summed E-state index contributed by atoms with van der Waals surface area (Å²) in [6.45, 7) is 2.10. The number of aromatic nitrogens is 2. The number of nitrogens with one attached hydrogen (secondary N) is 1. The molecular weight excluding hydrogens is 464 g/mol. The lowest BCUT2D eigenvalue weighted by Gasteiger charge is -2.15. The monoisotopic (exact) mass is 488 g/mol. The molecule has 0 aliphatic carbocycles. The highest BCUT2D eigenvalue weighted by Crippen LogP contribution is 2.30. The fraction of sp³-hybridized carbons (Fsp3) is 0.231. The SMILES string of the molecule is O=C(CSc1nc(-c2cccs2)nc2ccccc12)NCc1ccc(C(=O)N2CCCC2)cc1. The van der Waals surface area contributed by atoms with Crippen LogP contribution in [0.25, 0.3) is 21.6 Å². The maximum atomic E-state index is 12.6. The summed E-state index contributed by atoms with van der Waals surface area (Å²) < 4.78 is 0. The number of thiophene rings is 1. The minimum atomic E-state index is -0.0670. The standard InChI is InChI=1S/C26H24N4O2S2/c31-23(27-16-18-9-11-19(12-10-18)26(32)30-13-3-4-14-30)17-34-25-20-6-1-2-7-21(20)28-24(29-25)22-8-5-15-33-22/h1-2,5-12,15H,3-4,13-14,16-17H2,(H,27,31). The average Bonchev–Trinajstić information content (AvgIpc) is 3.61. The zero-order valence-corrected chi connectivity index (χ0v) is 20.2. The molecular formula is C26H24N4O2S2. The van der Waals surface area contributed by atoms with Crippen LogP contribution < -0.4 is 5.32 Å². The summed E-state index contributed by atoms with van der Waals surface area (Å²) in [6, 6.07) is 19.3. The maximum Gasteiger partial charge on any atom is 0.253 e. The van der Waals surface area contributed by atoms with Crippen LogP contribution >= 0.6 is 23.1 Å². The second kappa shape index (κ2) is 10.4. The Kier molecular flexibility index (Phi) is 6.87. The van der Waals surface area contributed by atoms with E-state index in [1.807, 2.05) is 70.9 Å². The van der Waals surface area contributed by atoms with E-state index in [-0.39, 0.29) is 17.6 Å². The van der Waals surface area contributed by atoms with E-state index in [0.29, 0.717) is 17.9 Å². The van der Waals surface area contributed by atoms with Crippen molar-refractivity contribution in [3.05, 3.63) is 77.2 Å². The molecule has 2 aromatic heterocycles. The van der Waals surface area contributed by atoms with Gasteiger partial charge in [0.25, 0.3) is 5.91 Å². The lowest BCUT2D eigenvalue weighted by atomic mass is 10.1. The Labute approximate surface area is 206 Å². The Morgan fingerprint density at radius 1 is 0.971 bits per heavy atom. The molecule has 0 atom stereocenters. The first kappa shape index (κ1) is 22.6. The molecule has 3 heterocycles. The molecule has 1 saturated heterocycles. The molecule has 0 saturated carbocycles. The molecule has 1 fully saturated rings. The molecule has 2 aromatic carbocycles. The number of hydrogen-bond acceptors (Lipinski definition) is 6. The van der Waals surface area contributed by atoms with Gasteiger partial charge in [-0.05, 0) is 48.1 Å². The van der Waals surface area contributed by atoms with Crippen LogP contribution in [0.15, 0.2) is 71.1 Å². The van der Waals surface area contributed by atoms with Crippen LogP contribution in [-0.2, 0) is 11.3 Å². The van der Waals surface area contributed by atoms with Crippen molar-refractivity contribution >= 4 is 45.8 Å². The third-order valence-electron chi connectivity index (χ3n) is 5.73. The number of hydrogen-bond donors (Lipinski definition) is 1. The molecule has 172 valence electrons. The number of benzene rings is 2. The maximum absolute atomic E-state index is 12.6. The first-order valence-corrected chi connectivity index (χ1v) is 13.1. The summed E-state index contributed by atoms with van der Waals surface area (Å²) in [4.78, 5) is 37.4. The fourth-order valence-corrected chi connectivity index (χ4v) is 5.43. The number of likely N-dealkylation sites (tertiary alicyclic amines) is 1. The number of carbonyl (C=O) groups excluding carboxylic acids is 2. The lowest BCUT2D eigenvalue weighted by molar-refractivity contribution is -0.118. The number of fused-ring (bicyclic) bond motifs is 1. The quantitative estimate of drug-likeness (QED) is 0.293. The molecule has 8 heteroatoms. The van der Waals surface area contributed by atoms with Gasteiger partial charge in [-0.15, -0.1) is 11.3 Å². The van der Waals surface area contributed by atoms with Gasteiger partial charge in [0.1, 0.15) is 5.03 Å². The molecule has 2 amide bonds. The van der Waals surface area contributed by atoms with Crippen LogP contribution in [0.5, 0.6) is 0 Å². The van der Waals surface area contributed by atoms with Crippen molar-refractivity contribution < 1.29 is 9.59 Å². The van der Waals surface area contributed by atoms with Crippen LogP contribution in [0.2, 0.25) is 0 Å². The van der Waals surface area contributed by atoms with Gasteiger partial charge in [-0.1, -0.05) is 48.2 Å². The van der Waals surface area contributed by atoms with Crippen molar-refractivity contribution in [2.24, 2.45) is 0 Å². The minimum absolute atomic E-state index is 0.0670. The number of rotatable bonds is 7. The largest absolute Gasteiger partial charge is 0.351 e. The predicted molar refractivity (Wildman–Crippen MR) is 137 cm³/mol. The zero-order chi connectivity index (χ0) is 23.3. The average molecular weight is 489 g/mol. The van der Waals surface area contributed by atoms with Gasteiger partial charge >= 0.3 is 0 Å². The van der Waals surface area contributed by atoms with Crippen LogP contribution in [0.1, 0.15) is 28.8 Å². The number of amides is 2. The second-order valence-electron chi connectivity index (χ2n) is 8.11. The summed E-state index contributed by atoms with van der Waals surface area (Å²) in [6.07, 6.45) is 2.15. The molecule has 0 spiro atoms. The van der Waals surface area contributed by atoms with Gasteiger partial charge in [-0.2, -0.15) is 0 Å². The summed E-state index contributed by atoms with van der Waals surface area (Å²) in [5.41, 5.74) is 2.53. The molecule has 1 aliphatic heterocycles. The van der Waals surface area contributed by atoms with Gasteiger partial charge in [-0.3, -0.25) is 9.59 Å². The van der Waals surface area contributed by atoms with E-state index in [2.05, 4.69) is 10.3 Å². The van der Waals surface area contributed by atoms with E-state index in [0.717, 1.165) is 52.3 Å². The molecule has 4 aromatic rings. The van der Waals surface area contributed by atoms with E-state index in [4.69, 9.17) is 4.98 Å². The molecule has 1 N–H and O–H groups in total. The van der Waals surface area contributed by atoms with Gasteiger partial charge in [-0.25, -0.2) is 9.97 Å². The predicted octanol–water partition coefficient (Wildman–Crippen LogP) is 5.00. The van der Waals surface area contributed by atoms with E-state index >= 15 is 0 Å². The number of para-hydroxylation sites is 1. The number of thioether (sulfide) groups is 1. The van der Waals surface area contributed by atoms with Crippen LogP contribution in [0.3, 0.4) is 0 Å². The number of nitrogens with zero attached hydrogens (tertiary/aromatic N) is 3. The Morgan fingerprint density at radius 3 is 2.53 bits per heavy atom. The van der Waals surface area contributed by atoms with Crippen molar-refractivity contribution in [3.63, 3.8) is 0 Å². The third kappa shape index (κ3) is 5.13. The van der Waals surface area contributed by atoms with Gasteiger partial charge in [0.15, 0.2) is 5.82 Å². The van der Waals surface area contributed by atoms with E-state index < -0.39 is 0 Å². The summed E-state index contributed by atoms with van der Waals surface area (Å²) in [5.74, 6) is 0.961. The molecule has 1 aliphatic rings. The van der Waals surface area contributed by atoms with Gasteiger partial charge in [0.2, 0.25) is 5.91 Å². The highest BCUT2D eigenvalue weighted by Gasteiger charge is 2.19. The van der Waals surface area contributed by atoms with E-state index in [1.54, 1.807) is 11.3 Å². The van der Waals surface area contributed by atoms with Gasteiger partial charge in [0, 0.05) is 30.6 Å². The lowest BCUT2D eigenvalue weighted by Crippen LogP contribution is -2.27. The smallest absolute Gasteiger partial charge is 0.253 e. The topological polar surface area (TPSA) is 75.2 Å². The van der Waals surface area contributed by atoms with Crippen LogP contribution in [0, 0.1) is 0 Å². The Bertz CT molecular complexity index is 1300. The van der Waals surface area contributed by atoms with Gasteiger partial charge < -0.3 is 10.2 Å². The fourth-order valence-electron chi connectivity index (χ4n) is 3.93. The van der Waals surface area contributed by atoms with Crippen LogP contribution in [0.4, 0.5) is 0 Å². The van der Waals surface area contributed by atoms with Crippen molar-refractivity contribution in [1.82, 2.24) is 20.2 Å². The molecule has 5 rings (SSSR count). The summed E-state index contributed by atoms with van der Waals surface area (Å²) in [7, 11) is 0. The third-order valence-corrected chi connectivity index (χ3v) is 7.59. The normalized spacial score (nSPS) is 13.4. The Morgan fingerprint density at radius 2 is 1.76 bits per heavy atom. The van der Waals surface area contributed by atoms with Gasteiger partial charge in [0.05, 0.1) is 16.1 Å². The molecule has 0 unspecified atom stereocenters. The molecule has 0 bridgehead atoms. The molecule has 0 radical (unpaired) electrons. The first-order chi connectivity index (χ1) is 16.7. The molecule has 34 heavy (non-hydrogen) atoms. The Balaban J connectivity index is 1.20. The summed E-state index contributed by atoms with van der Waals surface area (Å²) in [5, 5.41) is 6.71. The van der Waals surface area contributed by atoms with Crippen molar-refractivity contribution in [2.75, 3.05) is 18.8 Å². The van der Waals surface area contributed by atoms with Crippen molar-refractivity contribution in [2.45, 2.75) is 24.4 Å². The van der Waals surface area contributed by atoms with E-state index in [9.17, 15) is 9.59 Å². The number of carbonyl (C=O) groups is 2. The minimum Gasteiger partial charge on any atom is -0.351 e. The molecule has 6 nitrogen and oxygen atoms in total. The van der Waals surface area contributed by atoms with Crippen molar-refractivity contribution in [1.29, 1.82) is 0 Å². The van der Waals surface area contributed by atoms with E-state index in [1.165, 1.54) is 11.8 Å². The first-order valence-electron chi connectivity index (χ1n) is 11.3. The summed E-state index contributed by atoms with van der Waals surface area (Å²) >= 11 is 3.01. The zero-order valence-electron chi connectivity index (χ0n) is 18.6. The second-order valence-corrected chi connectivity index (χ2v) is 10.0.